The fourth-order valence-corrected chi connectivity index (χ4v) is 3.36. The molecule has 1 N–H and O–H groups in total. The van der Waals surface area contributed by atoms with Gasteiger partial charge in [0.15, 0.2) is 0 Å². The molecule has 2 fully saturated rings. The number of hydrogen-bond donors (Lipinski definition) is 1. The first kappa shape index (κ1) is 13.8. The maximum absolute atomic E-state index is 12.5. The van der Waals surface area contributed by atoms with Crippen molar-refractivity contribution in [1.82, 2.24) is 9.80 Å². The van der Waals surface area contributed by atoms with E-state index < -0.39 is 0 Å². The van der Waals surface area contributed by atoms with Crippen molar-refractivity contribution in [3.8, 4) is 0 Å². The first-order valence-corrected chi connectivity index (χ1v) is 7.23. The van der Waals surface area contributed by atoms with Gasteiger partial charge in [0.05, 0.1) is 18.1 Å². The van der Waals surface area contributed by atoms with E-state index in [1.807, 2.05) is 11.9 Å². The van der Waals surface area contributed by atoms with Crippen LogP contribution in [0.25, 0.3) is 0 Å². The van der Waals surface area contributed by atoms with Crippen LogP contribution in [0, 0.1) is 5.92 Å². The molecule has 1 aliphatic carbocycles. The molecule has 4 heteroatoms. The number of nitrogens with zero attached hydrogens (tertiary/aromatic N) is 2. The number of likely N-dealkylation sites (N-methyl/N-ethyl adjacent to an activating group) is 1. The van der Waals surface area contributed by atoms with Gasteiger partial charge >= 0.3 is 0 Å². The standard InChI is InChI=1S/C14H26N2O2/c1-15-9-5-6-11(10-15)14(18)16(2)12-7-3-4-8-13(12)17/h11-13,17H,3-10H2,1-2H3/t11-,12+,13+/m0/s1. The lowest BCUT2D eigenvalue weighted by Crippen LogP contribution is -2.50. The van der Waals surface area contributed by atoms with Gasteiger partial charge in [-0.3, -0.25) is 4.79 Å². The second-order valence-electron chi connectivity index (χ2n) is 5.97. The highest BCUT2D eigenvalue weighted by molar-refractivity contribution is 5.79. The lowest BCUT2D eigenvalue weighted by molar-refractivity contribution is -0.141. The lowest BCUT2D eigenvalue weighted by atomic mass is 9.90. The fourth-order valence-electron chi connectivity index (χ4n) is 3.36. The second kappa shape index (κ2) is 6.02. The van der Waals surface area contributed by atoms with Gasteiger partial charge in [-0.2, -0.15) is 0 Å². The smallest absolute Gasteiger partial charge is 0.227 e. The van der Waals surface area contributed by atoms with Crippen LogP contribution in [-0.4, -0.2) is 60.1 Å². The molecule has 2 rings (SSSR count). The zero-order chi connectivity index (χ0) is 13.1. The molecular weight excluding hydrogens is 228 g/mol. The summed E-state index contributed by atoms with van der Waals surface area (Å²) in [6.45, 7) is 1.96. The van der Waals surface area contributed by atoms with E-state index in [0.717, 1.165) is 51.6 Å². The van der Waals surface area contributed by atoms with Gasteiger partial charge < -0.3 is 14.9 Å². The SMILES string of the molecule is CN1CCC[C@H](C(=O)N(C)[C@@H]2CCCC[C@H]2O)C1. The molecule has 18 heavy (non-hydrogen) atoms. The summed E-state index contributed by atoms with van der Waals surface area (Å²) in [5, 5.41) is 10.0. The molecule has 1 heterocycles. The van der Waals surface area contributed by atoms with Crippen molar-refractivity contribution >= 4 is 5.91 Å². The van der Waals surface area contributed by atoms with Gasteiger partial charge in [-0.05, 0) is 39.3 Å². The number of hydrogen-bond acceptors (Lipinski definition) is 3. The van der Waals surface area contributed by atoms with Crippen molar-refractivity contribution in [3.63, 3.8) is 0 Å². The molecule has 4 nitrogen and oxygen atoms in total. The average Bonchev–Trinajstić information content (AvgIpc) is 2.37. The van der Waals surface area contributed by atoms with E-state index in [-0.39, 0.29) is 24.0 Å². The molecule has 3 atom stereocenters. The fraction of sp³-hybridized carbons (Fsp3) is 0.929. The van der Waals surface area contributed by atoms with Crippen molar-refractivity contribution < 1.29 is 9.90 Å². The van der Waals surface area contributed by atoms with Crippen LogP contribution in [0.5, 0.6) is 0 Å². The average molecular weight is 254 g/mol. The van der Waals surface area contributed by atoms with E-state index in [9.17, 15) is 9.90 Å². The van der Waals surface area contributed by atoms with Gasteiger partial charge in [0.1, 0.15) is 0 Å². The summed E-state index contributed by atoms with van der Waals surface area (Å²) in [4.78, 5) is 16.5. The number of likely N-dealkylation sites (tertiary alicyclic amines) is 1. The molecule has 2 aliphatic rings. The zero-order valence-corrected chi connectivity index (χ0v) is 11.6. The Balaban J connectivity index is 1.94. The van der Waals surface area contributed by atoms with Gasteiger partial charge in [-0.25, -0.2) is 0 Å². The molecule has 0 radical (unpaired) electrons. The van der Waals surface area contributed by atoms with Crippen LogP contribution in [-0.2, 0) is 4.79 Å². The summed E-state index contributed by atoms with van der Waals surface area (Å²) >= 11 is 0. The van der Waals surface area contributed by atoms with Crippen LogP contribution < -0.4 is 0 Å². The maximum atomic E-state index is 12.5. The summed E-state index contributed by atoms with van der Waals surface area (Å²) in [5.74, 6) is 0.357. The third-order valence-corrected chi connectivity index (χ3v) is 4.51. The minimum atomic E-state index is -0.325. The number of piperidine rings is 1. The van der Waals surface area contributed by atoms with Gasteiger partial charge in [-0.15, -0.1) is 0 Å². The van der Waals surface area contributed by atoms with Crippen molar-refractivity contribution in [3.05, 3.63) is 0 Å². The second-order valence-corrected chi connectivity index (χ2v) is 5.97. The van der Waals surface area contributed by atoms with Crippen LogP contribution in [0.4, 0.5) is 0 Å². The predicted octanol–water partition coefficient (Wildman–Crippen LogP) is 1.09. The monoisotopic (exact) mass is 254 g/mol. The predicted molar refractivity (Wildman–Crippen MR) is 71.3 cm³/mol. The molecule has 1 saturated heterocycles. The molecule has 0 bridgehead atoms. The third kappa shape index (κ3) is 3.04. The van der Waals surface area contributed by atoms with E-state index in [0.29, 0.717) is 0 Å². The molecule has 1 amide bonds. The molecule has 0 aromatic heterocycles. The number of carbonyl (C=O) groups is 1. The van der Waals surface area contributed by atoms with Crippen LogP contribution >= 0.6 is 0 Å². The molecule has 0 unspecified atom stereocenters. The van der Waals surface area contributed by atoms with E-state index in [2.05, 4.69) is 11.9 Å². The lowest BCUT2D eigenvalue weighted by Gasteiger charge is -2.38. The Labute approximate surface area is 110 Å². The Bertz CT molecular complexity index is 296. The topological polar surface area (TPSA) is 43.8 Å². The van der Waals surface area contributed by atoms with Gasteiger partial charge in [-0.1, -0.05) is 12.8 Å². The molecule has 0 spiro atoms. The molecule has 104 valence electrons. The van der Waals surface area contributed by atoms with E-state index in [1.165, 1.54) is 0 Å². The number of amides is 1. The van der Waals surface area contributed by atoms with Crippen LogP contribution in [0.3, 0.4) is 0 Å². The summed E-state index contributed by atoms with van der Waals surface area (Å²) in [6.07, 6.45) is 5.79. The largest absolute Gasteiger partial charge is 0.391 e. The Hall–Kier alpha value is -0.610. The highest BCUT2D eigenvalue weighted by atomic mass is 16.3. The summed E-state index contributed by atoms with van der Waals surface area (Å²) in [5.41, 5.74) is 0. The van der Waals surface area contributed by atoms with Crippen molar-refractivity contribution in [2.24, 2.45) is 5.92 Å². The Morgan fingerprint density at radius 1 is 1.22 bits per heavy atom. The highest BCUT2D eigenvalue weighted by Crippen LogP contribution is 2.25. The Kier molecular flexibility index (Phi) is 4.62. The van der Waals surface area contributed by atoms with Crippen LogP contribution in [0.1, 0.15) is 38.5 Å². The number of rotatable bonds is 2. The Morgan fingerprint density at radius 3 is 2.61 bits per heavy atom. The highest BCUT2D eigenvalue weighted by Gasteiger charge is 2.33. The summed E-state index contributed by atoms with van der Waals surface area (Å²) < 4.78 is 0. The summed E-state index contributed by atoms with van der Waals surface area (Å²) in [6, 6.07) is 0.0403. The summed E-state index contributed by atoms with van der Waals surface area (Å²) in [7, 11) is 3.95. The van der Waals surface area contributed by atoms with Gasteiger partial charge in [0, 0.05) is 13.6 Å². The normalized spacial score (nSPS) is 34.3. The maximum Gasteiger partial charge on any atom is 0.227 e. The minimum Gasteiger partial charge on any atom is -0.391 e. The molecule has 0 aromatic carbocycles. The van der Waals surface area contributed by atoms with Crippen molar-refractivity contribution in [1.29, 1.82) is 0 Å². The van der Waals surface area contributed by atoms with Crippen LogP contribution in [0.2, 0.25) is 0 Å². The quantitative estimate of drug-likeness (QED) is 0.802. The number of aliphatic hydroxyl groups is 1. The van der Waals surface area contributed by atoms with Gasteiger partial charge in [0.2, 0.25) is 5.91 Å². The zero-order valence-electron chi connectivity index (χ0n) is 11.6. The Morgan fingerprint density at radius 2 is 1.94 bits per heavy atom. The third-order valence-electron chi connectivity index (χ3n) is 4.51. The minimum absolute atomic E-state index is 0.0403. The molecule has 1 saturated carbocycles. The molecular formula is C14H26N2O2. The van der Waals surface area contributed by atoms with E-state index in [4.69, 9.17) is 0 Å². The van der Waals surface area contributed by atoms with Crippen molar-refractivity contribution in [2.75, 3.05) is 27.2 Å². The first-order valence-electron chi connectivity index (χ1n) is 7.23. The van der Waals surface area contributed by atoms with Crippen LogP contribution in [0.15, 0.2) is 0 Å². The van der Waals surface area contributed by atoms with Gasteiger partial charge in [0.25, 0.3) is 0 Å². The van der Waals surface area contributed by atoms with Crippen molar-refractivity contribution in [2.45, 2.75) is 50.7 Å². The van der Waals surface area contributed by atoms with E-state index >= 15 is 0 Å². The molecule has 0 aromatic rings. The molecule has 1 aliphatic heterocycles. The van der Waals surface area contributed by atoms with E-state index in [1.54, 1.807) is 0 Å². The number of carbonyl (C=O) groups excluding carboxylic acids is 1. The number of aliphatic hydroxyl groups excluding tert-OH is 1. The first-order chi connectivity index (χ1) is 8.59.